The maximum atomic E-state index is 13.5. The van der Waals surface area contributed by atoms with Crippen LogP contribution in [-0.4, -0.2) is 87.6 Å². The predicted octanol–water partition coefficient (Wildman–Crippen LogP) is 6.04. The smallest absolute Gasteiger partial charge is 0.407 e. The number of nitrogens with zero attached hydrogens (tertiary/aromatic N) is 3. The van der Waals surface area contributed by atoms with E-state index in [4.69, 9.17) is 9.47 Å². The number of benzene rings is 2. The van der Waals surface area contributed by atoms with E-state index in [1.165, 1.54) is 18.2 Å². The van der Waals surface area contributed by atoms with Crippen LogP contribution in [0, 0.1) is 5.92 Å². The van der Waals surface area contributed by atoms with Gasteiger partial charge in [0.1, 0.15) is 24.5 Å². The van der Waals surface area contributed by atoms with Crippen LogP contribution in [0.5, 0.6) is 0 Å². The molecule has 4 aromatic rings. The van der Waals surface area contributed by atoms with Crippen molar-refractivity contribution in [2.24, 2.45) is 5.92 Å². The van der Waals surface area contributed by atoms with E-state index in [9.17, 15) is 19.2 Å². The third-order valence-corrected chi connectivity index (χ3v) is 11.5. The highest BCUT2D eigenvalue weighted by Gasteiger charge is 2.41. The lowest BCUT2D eigenvalue weighted by atomic mass is 9.99. The SMILES string of the molecule is COC(=O)NC(C(=O)N1CCC[C@H]1c1ncc(-c2ccc(-c3ccc(-c4[nH]c(C5CCCN5C(=O)[C@@H]5COC(=O)N5)c5c4CCC5)cc3)cc2)[nH]1)C(C)C. The van der Waals surface area contributed by atoms with Crippen LogP contribution < -0.4 is 10.6 Å². The summed E-state index contributed by atoms with van der Waals surface area (Å²) in [5.41, 5.74) is 10.1. The minimum atomic E-state index is -0.680. The molecule has 4 atom stereocenters. The molecule has 0 radical (unpaired) electrons. The number of carbonyl (C=O) groups excluding carboxylic acids is 4. The van der Waals surface area contributed by atoms with Crippen LogP contribution in [0.15, 0.2) is 54.7 Å². The number of methoxy groups -OCH3 is 1. The Balaban J connectivity index is 0.961. The Morgan fingerprint density at radius 3 is 2.17 bits per heavy atom. The van der Waals surface area contributed by atoms with Crippen molar-refractivity contribution in [1.29, 1.82) is 0 Å². The van der Waals surface area contributed by atoms with Gasteiger partial charge >= 0.3 is 12.2 Å². The lowest BCUT2D eigenvalue weighted by Gasteiger charge is -2.30. The molecule has 2 unspecified atom stereocenters. The van der Waals surface area contributed by atoms with Crippen molar-refractivity contribution >= 4 is 24.0 Å². The number of ether oxygens (including phenoxy) is 2. The Morgan fingerprint density at radius 2 is 1.50 bits per heavy atom. The largest absolute Gasteiger partial charge is 0.453 e. The average Bonchev–Trinajstić information content (AvgIpc) is 4.04. The Bertz CT molecular complexity index is 2050. The van der Waals surface area contributed by atoms with Crippen LogP contribution in [-0.2, 0) is 31.9 Å². The van der Waals surface area contributed by atoms with Gasteiger partial charge in [-0.25, -0.2) is 14.6 Å². The van der Waals surface area contributed by atoms with Crippen molar-refractivity contribution in [2.75, 3.05) is 26.8 Å². The number of hydrogen-bond acceptors (Lipinski definition) is 7. The molecular weight excluding hydrogens is 686 g/mol. The fraction of sp³-hybridized carbons (Fsp3) is 0.439. The third kappa shape index (κ3) is 6.60. The molecule has 1 aliphatic carbocycles. The molecule has 2 aromatic heterocycles. The van der Waals surface area contributed by atoms with Crippen molar-refractivity contribution in [3.05, 3.63) is 77.4 Å². The number of aromatic nitrogens is 3. The molecule has 0 spiro atoms. The molecule has 4 N–H and O–H groups in total. The Labute approximate surface area is 314 Å². The van der Waals surface area contributed by atoms with Crippen molar-refractivity contribution in [3.63, 3.8) is 0 Å². The molecule has 3 saturated heterocycles. The third-order valence-electron chi connectivity index (χ3n) is 11.5. The van der Waals surface area contributed by atoms with Gasteiger partial charge in [-0.05, 0) is 84.2 Å². The molecule has 2 aromatic carbocycles. The van der Waals surface area contributed by atoms with Crippen LogP contribution >= 0.6 is 0 Å². The van der Waals surface area contributed by atoms with Crippen LogP contribution in [0.2, 0.25) is 0 Å². The number of H-pyrrole nitrogens is 2. The van der Waals surface area contributed by atoms with Gasteiger partial charge in [0.25, 0.3) is 0 Å². The van der Waals surface area contributed by atoms with E-state index in [2.05, 4.69) is 74.1 Å². The van der Waals surface area contributed by atoms with Crippen molar-refractivity contribution in [2.45, 2.75) is 83.0 Å². The van der Waals surface area contributed by atoms with Gasteiger partial charge < -0.3 is 39.9 Å². The zero-order valence-electron chi connectivity index (χ0n) is 30.9. The number of hydrogen-bond donors (Lipinski definition) is 4. The first kappa shape index (κ1) is 35.4. The minimum Gasteiger partial charge on any atom is -0.453 e. The Kier molecular flexibility index (Phi) is 9.63. The highest BCUT2D eigenvalue weighted by molar-refractivity contribution is 5.89. The van der Waals surface area contributed by atoms with Crippen LogP contribution in [0.4, 0.5) is 9.59 Å². The number of aromatic amines is 2. The molecular formula is C41H47N7O6. The Hall–Kier alpha value is -5.59. The number of cyclic esters (lactones) is 1. The summed E-state index contributed by atoms with van der Waals surface area (Å²) in [6, 6.07) is 15.5. The first-order valence-electron chi connectivity index (χ1n) is 19.1. The summed E-state index contributed by atoms with van der Waals surface area (Å²) in [6.45, 7) is 5.17. The zero-order valence-corrected chi connectivity index (χ0v) is 30.9. The quantitative estimate of drug-likeness (QED) is 0.163. The number of likely N-dealkylation sites (tertiary alicyclic amines) is 2. The molecule has 4 aliphatic rings. The fourth-order valence-electron chi connectivity index (χ4n) is 8.70. The molecule has 3 aliphatic heterocycles. The molecule has 4 amide bonds. The summed E-state index contributed by atoms with van der Waals surface area (Å²) in [4.78, 5) is 66.1. The van der Waals surface area contributed by atoms with Crippen LogP contribution in [0.25, 0.3) is 33.6 Å². The number of fused-ring (bicyclic) bond motifs is 1. The van der Waals surface area contributed by atoms with E-state index in [-0.39, 0.29) is 36.4 Å². The number of carbonyl (C=O) groups is 4. The predicted molar refractivity (Wildman–Crippen MR) is 201 cm³/mol. The number of rotatable bonds is 9. The molecule has 5 heterocycles. The monoisotopic (exact) mass is 733 g/mol. The normalized spacial score (nSPS) is 21.3. The lowest BCUT2D eigenvalue weighted by molar-refractivity contribution is -0.135. The van der Waals surface area contributed by atoms with E-state index in [0.29, 0.717) is 13.1 Å². The summed E-state index contributed by atoms with van der Waals surface area (Å²) in [5, 5.41) is 5.35. The van der Waals surface area contributed by atoms with Crippen molar-refractivity contribution < 1.29 is 28.7 Å². The summed E-state index contributed by atoms with van der Waals surface area (Å²) in [5.74, 6) is 0.429. The summed E-state index contributed by atoms with van der Waals surface area (Å²) >= 11 is 0. The Morgan fingerprint density at radius 1 is 0.852 bits per heavy atom. The maximum absolute atomic E-state index is 13.5. The standard InChI is InChI=1S/C41H47N7O6/c1-23(2)34(46-40(51)53-3)39(50)48-20-6-10-33(48)37-42-21-30(43-37)26-15-11-24(12-16-26)25-13-17-27(18-14-25)35-28-7-4-8-29(28)36(45-35)32-9-5-19-47(32)38(49)31-22-54-41(52)44-31/h11-18,21,23,31-34,45H,4-10,19-20,22H2,1-3H3,(H,42,43)(H,44,52)(H,46,51)/t31-,32?,33-,34?/m0/s1. The van der Waals surface area contributed by atoms with E-state index in [1.54, 1.807) is 0 Å². The molecule has 8 rings (SSSR count). The first-order valence-corrected chi connectivity index (χ1v) is 19.1. The van der Waals surface area contributed by atoms with E-state index >= 15 is 0 Å². The second-order valence-electron chi connectivity index (χ2n) is 15.1. The van der Waals surface area contributed by atoms with Gasteiger partial charge in [-0.1, -0.05) is 62.4 Å². The summed E-state index contributed by atoms with van der Waals surface area (Å²) in [6.07, 6.45) is 7.22. The number of amides is 4. The van der Waals surface area contributed by atoms with Gasteiger partial charge in [-0.2, -0.15) is 0 Å². The molecule has 0 saturated carbocycles. The number of imidazole rings is 1. The van der Waals surface area contributed by atoms with Gasteiger partial charge in [-0.3, -0.25) is 9.59 Å². The van der Waals surface area contributed by atoms with E-state index in [1.807, 2.05) is 29.8 Å². The first-order chi connectivity index (χ1) is 26.2. The van der Waals surface area contributed by atoms with Crippen molar-refractivity contribution in [1.82, 2.24) is 35.4 Å². The topological polar surface area (TPSA) is 162 Å². The maximum Gasteiger partial charge on any atom is 0.407 e. The highest BCUT2D eigenvalue weighted by Crippen LogP contribution is 2.42. The second-order valence-corrected chi connectivity index (χ2v) is 15.1. The second kappa shape index (κ2) is 14.7. The molecule has 0 bridgehead atoms. The van der Waals surface area contributed by atoms with Crippen LogP contribution in [0.3, 0.4) is 0 Å². The number of nitrogens with one attached hydrogen (secondary N) is 4. The van der Waals surface area contributed by atoms with Gasteiger partial charge in [0, 0.05) is 24.5 Å². The fourth-order valence-corrected chi connectivity index (χ4v) is 8.70. The van der Waals surface area contributed by atoms with Gasteiger partial charge in [-0.15, -0.1) is 0 Å². The van der Waals surface area contributed by atoms with E-state index in [0.717, 1.165) is 90.1 Å². The molecule has 54 heavy (non-hydrogen) atoms. The van der Waals surface area contributed by atoms with Crippen LogP contribution in [0.1, 0.15) is 80.7 Å². The molecule has 3 fully saturated rings. The lowest BCUT2D eigenvalue weighted by Crippen LogP contribution is -2.51. The highest BCUT2D eigenvalue weighted by atomic mass is 16.6. The van der Waals surface area contributed by atoms with Crippen molar-refractivity contribution in [3.8, 4) is 33.6 Å². The van der Waals surface area contributed by atoms with Gasteiger partial charge in [0.15, 0.2) is 0 Å². The van der Waals surface area contributed by atoms with Gasteiger partial charge in [0.05, 0.1) is 31.1 Å². The van der Waals surface area contributed by atoms with Gasteiger partial charge in [0.2, 0.25) is 11.8 Å². The summed E-state index contributed by atoms with van der Waals surface area (Å²) < 4.78 is 9.77. The molecule has 282 valence electrons. The van der Waals surface area contributed by atoms with E-state index < -0.39 is 24.3 Å². The summed E-state index contributed by atoms with van der Waals surface area (Å²) in [7, 11) is 1.29. The zero-order chi connectivity index (χ0) is 37.5. The average molecular weight is 734 g/mol. The molecule has 13 heteroatoms. The molecule has 13 nitrogen and oxygen atoms in total. The minimum absolute atomic E-state index is 0.0356. The number of alkyl carbamates (subject to hydrolysis) is 2.